The molecule has 4 heteroatoms. The number of nitrogen functional groups attached to an aromatic ring is 1. The van der Waals surface area contributed by atoms with Crippen LogP contribution in [-0.2, 0) is 6.42 Å². The predicted octanol–water partition coefficient (Wildman–Crippen LogP) is 2.41. The normalized spacial score (nSPS) is 10.8. The quantitative estimate of drug-likeness (QED) is 0.762. The van der Waals surface area contributed by atoms with Gasteiger partial charge in [-0.25, -0.2) is 9.97 Å². The van der Waals surface area contributed by atoms with E-state index in [-0.39, 0.29) is 12.6 Å². The Kier molecular flexibility index (Phi) is 3.31. The van der Waals surface area contributed by atoms with Crippen LogP contribution in [0, 0.1) is 0 Å². The second-order valence-corrected chi connectivity index (χ2v) is 4.70. The molecule has 3 aromatic rings. The number of anilines is 1. The molecule has 0 radical (unpaired) electrons. The van der Waals surface area contributed by atoms with Gasteiger partial charge in [0.25, 0.3) is 0 Å². The number of rotatable bonds is 3. The molecule has 0 atom stereocenters. The zero-order valence-electron chi connectivity index (χ0n) is 11.0. The van der Waals surface area contributed by atoms with Crippen molar-refractivity contribution in [3.8, 4) is 11.1 Å². The minimum absolute atomic E-state index is 0.173. The number of aliphatic hydroxyl groups excluding tert-OH is 1. The lowest BCUT2D eigenvalue weighted by Crippen LogP contribution is -1.93. The maximum absolute atomic E-state index is 8.98. The minimum Gasteiger partial charge on any atom is -0.396 e. The number of hydrogen-bond acceptors (Lipinski definition) is 4. The summed E-state index contributed by atoms with van der Waals surface area (Å²) in [6.07, 6.45) is 4.14. The molecule has 20 heavy (non-hydrogen) atoms. The van der Waals surface area contributed by atoms with Gasteiger partial charge in [-0.2, -0.15) is 0 Å². The lowest BCUT2D eigenvalue weighted by molar-refractivity contribution is 0.299. The molecule has 0 amide bonds. The number of fused-ring (bicyclic) bond motifs is 1. The Hall–Kier alpha value is -2.46. The Balaban J connectivity index is 2.02. The van der Waals surface area contributed by atoms with Gasteiger partial charge < -0.3 is 10.8 Å². The van der Waals surface area contributed by atoms with Gasteiger partial charge in [0.1, 0.15) is 0 Å². The van der Waals surface area contributed by atoms with Crippen LogP contribution in [-0.4, -0.2) is 21.7 Å². The van der Waals surface area contributed by atoms with E-state index in [4.69, 9.17) is 10.8 Å². The first-order chi connectivity index (χ1) is 9.76. The first kappa shape index (κ1) is 12.6. The highest BCUT2D eigenvalue weighted by atomic mass is 16.2. The molecule has 0 unspecified atom stereocenters. The van der Waals surface area contributed by atoms with E-state index in [0.29, 0.717) is 6.42 Å². The van der Waals surface area contributed by atoms with Crippen molar-refractivity contribution in [3.05, 3.63) is 54.4 Å². The van der Waals surface area contributed by atoms with Gasteiger partial charge in [0.15, 0.2) is 0 Å². The lowest BCUT2D eigenvalue weighted by Gasteiger charge is -2.06. The van der Waals surface area contributed by atoms with E-state index in [2.05, 4.69) is 34.2 Å². The Labute approximate surface area is 116 Å². The van der Waals surface area contributed by atoms with Crippen LogP contribution in [0.2, 0.25) is 0 Å². The summed E-state index contributed by atoms with van der Waals surface area (Å²) < 4.78 is 0. The predicted molar refractivity (Wildman–Crippen MR) is 80.2 cm³/mol. The second-order valence-electron chi connectivity index (χ2n) is 4.70. The van der Waals surface area contributed by atoms with Crippen molar-refractivity contribution in [2.45, 2.75) is 6.42 Å². The zero-order valence-corrected chi connectivity index (χ0v) is 11.0. The number of aromatic nitrogens is 2. The number of nitrogens with two attached hydrogens (primary N) is 1. The molecule has 0 aliphatic carbocycles. The van der Waals surface area contributed by atoms with Crippen molar-refractivity contribution in [1.82, 2.24) is 9.97 Å². The Bertz CT molecular complexity index is 738. The molecule has 0 spiro atoms. The van der Waals surface area contributed by atoms with E-state index < -0.39 is 0 Å². The molecular weight excluding hydrogens is 250 g/mol. The number of nitrogens with zero attached hydrogens (tertiary/aromatic N) is 2. The summed E-state index contributed by atoms with van der Waals surface area (Å²) in [5.74, 6) is 0.281. The Morgan fingerprint density at radius 3 is 2.35 bits per heavy atom. The molecule has 0 aliphatic heterocycles. The summed E-state index contributed by atoms with van der Waals surface area (Å²) in [7, 11) is 0. The average Bonchev–Trinajstić information content (AvgIpc) is 2.48. The first-order valence-corrected chi connectivity index (χ1v) is 6.48. The molecule has 3 rings (SSSR count). The fourth-order valence-electron chi connectivity index (χ4n) is 2.25. The molecule has 0 bridgehead atoms. The number of hydrogen-bond donors (Lipinski definition) is 2. The molecule has 1 heterocycles. The van der Waals surface area contributed by atoms with Crippen LogP contribution >= 0.6 is 0 Å². The van der Waals surface area contributed by atoms with Crippen LogP contribution in [0.3, 0.4) is 0 Å². The van der Waals surface area contributed by atoms with Crippen LogP contribution in [0.4, 0.5) is 5.95 Å². The molecule has 4 nitrogen and oxygen atoms in total. The highest BCUT2D eigenvalue weighted by Gasteiger charge is 2.02. The van der Waals surface area contributed by atoms with Gasteiger partial charge in [0.05, 0.1) is 0 Å². The molecule has 2 aromatic carbocycles. The van der Waals surface area contributed by atoms with E-state index in [1.165, 1.54) is 0 Å². The smallest absolute Gasteiger partial charge is 0.219 e. The lowest BCUT2D eigenvalue weighted by atomic mass is 10.0. The zero-order chi connectivity index (χ0) is 13.9. The summed E-state index contributed by atoms with van der Waals surface area (Å²) in [6, 6.07) is 12.4. The maximum atomic E-state index is 8.98. The van der Waals surface area contributed by atoms with Gasteiger partial charge in [-0.05, 0) is 34.4 Å². The van der Waals surface area contributed by atoms with E-state index >= 15 is 0 Å². The molecule has 1 aromatic heterocycles. The summed E-state index contributed by atoms with van der Waals surface area (Å²) >= 11 is 0. The summed E-state index contributed by atoms with van der Waals surface area (Å²) in [6.45, 7) is 0.173. The van der Waals surface area contributed by atoms with Gasteiger partial charge in [-0.3, -0.25) is 0 Å². The van der Waals surface area contributed by atoms with E-state index in [1.807, 2.05) is 12.1 Å². The van der Waals surface area contributed by atoms with Gasteiger partial charge in [0, 0.05) is 24.6 Å². The molecule has 3 N–H and O–H groups in total. The first-order valence-electron chi connectivity index (χ1n) is 6.48. The van der Waals surface area contributed by atoms with E-state index in [0.717, 1.165) is 27.5 Å². The van der Waals surface area contributed by atoms with Crippen LogP contribution < -0.4 is 5.73 Å². The van der Waals surface area contributed by atoms with Crippen molar-refractivity contribution in [2.75, 3.05) is 12.3 Å². The average molecular weight is 265 g/mol. The van der Waals surface area contributed by atoms with Crippen LogP contribution in [0.15, 0.2) is 48.8 Å². The summed E-state index contributed by atoms with van der Waals surface area (Å²) in [5.41, 5.74) is 8.65. The fraction of sp³-hybridized carbons (Fsp3) is 0.125. The third kappa shape index (κ3) is 2.46. The SMILES string of the molecule is Nc1ncc(-c2ccc3cc(CCO)ccc3c2)cn1. The van der Waals surface area contributed by atoms with Gasteiger partial charge in [0.2, 0.25) is 5.95 Å². The highest BCUT2D eigenvalue weighted by Crippen LogP contribution is 2.24. The highest BCUT2D eigenvalue weighted by molar-refractivity contribution is 5.87. The van der Waals surface area contributed by atoms with Crippen LogP contribution in [0.1, 0.15) is 5.56 Å². The third-order valence-corrected chi connectivity index (χ3v) is 3.31. The largest absolute Gasteiger partial charge is 0.396 e. The van der Waals surface area contributed by atoms with Crippen molar-refractivity contribution in [3.63, 3.8) is 0 Å². The number of aliphatic hydroxyl groups is 1. The third-order valence-electron chi connectivity index (χ3n) is 3.31. The number of benzene rings is 2. The van der Waals surface area contributed by atoms with Gasteiger partial charge >= 0.3 is 0 Å². The molecule has 0 fully saturated rings. The van der Waals surface area contributed by atoms with Crippen LogP contribution in [0.25, 0.3) is 21.9 Å². The topological polar surface area (TPSA) is 72.0 Å². The Morgan fingerprint density at radius 2 is 1.60 bits per heavy atom. The fourth-order valence-corrected chi connectivity index (χ4v) is 2.25. The molecule has 0 aliphatic rings. The Morgan fingerprint density at radius 1 is 0.900 bits per heavy atom. The second kappa shape index (κ2) is 5.27. The van der Waals surface area contributed by atoms with E-state index in [1.54, 1.807) is 12.4 Å². The van der Waals surface area contributed by atoms with E-state index in [9.17, 15) is 0 Å². The standard InChI is InChI=1S/C16H15N3O/c17-16-18-9-15(10-19-16)14-4-3-12-7-11(5-6-20)1-2-13(12)8-14/h1-4,7-10,20H,5-6H2,(H2,17,18,19). The molecule has 0 saturated carbocycles. The summed E-state index contributed by atoms with van der Waals surface area (Å²) in [4.78, 5) is 8.03. The maximum Gasteiger partial charge on any atom is 0.219 e. The van der Waals surface area contributed by atoms with Crippen molar-refractivity contribution in [1.29, 1.82) is 0 Å². The van der Waals surface area contributed by atoms with Crippen molar-refractivity contribution in [2.24, 2.45) is 0 Å². The summed E-state index contributed by atoms with van der Waals surface area (Å²) in [5, 5.41) is 11.3. The molecule has 100 valence electrons. The van der Waals surface area contributed by atoms with Crippen molar-refractivity contribution < 1.29 is 5.11 Å². The van der Waals surface area contributed by atoms with Crippen molar-refractivity contribution >= 4 is 16.7 Å². The minimum atomic E-state index is 0.173. The van der Waals surface area contributed by atoms with Gasteiger partial charge in [-0.15, -0.1) is 0 Å². The van der Waals surface area contributed by atoms with Crippen LogP contribution in [0.5, 0.6) is 0 Å². The monoisotopic (exact) mass is 265 g/mol. The molecular formula is C16H15N3O. The van der Waals surface area contributed by atoms with Gasteiger partial charge in [-0.1, -0.05) is 30.3 Å². The molecule has 0 saturated heterocycles.